The second kappa shape index (κ2) is 10.2. The number of hydrogen-bond donors (Lipinski definition) is 0. The topological polar surface area (TPSA) is 32.8 Å². The summed E-state index contributed by atoms with van der Waals surface area (Å²) in [6, 6.07) is 7.68. The molecule has 1 saturated carbocycles. The third-order valence-corrected chi connectivity index (χ3v) is 5.67. The molecule has 0 N–H and O–H groups in total. The smallest absolute Gasteiger partial charge is 0.410 e. The molecule has 1 aromatic rings. The van der Waals surface area contributed by atoms with Crippen LogP contribution in [0.25, 0.3) is 0 Å². The molecule has 1 amide bonds. The number of unbranched alkanes of at least 4 members (excludes halogenated alkanes) is 1. The van der Waals surface area contributed by atoms with Gasteiger partial charge in [0.2, 0.25) is 0 Å². The predicted molar refractivity (Wildman–Crippen MR) is 106 cm³/mol. The van der Waals surface area contributed by atoms with Crippen molar-refractivity contribution in [1.82, 2.24) is 9.80 Å². The van der Waals surface area contributed by atoms with E-state index in [1.807, 2.05) is 19.2 Å². The quantitative estimate of drug-likeness (QED) is 0.581. The highest BCUT2D eigenvalue weighted by Gasteiger charge is 2.27. The summed E-state index contributed by atoms with van der Waals surface area (Å²) in [5, 5.41) is 0. The van der Waals surface area contributed by atoms with Crippen molar-refractivity contribution < 1.29 is 9.53 Å². The van der Waals surface area contributed by atoms with Crippen molar-refractivity contribution in [1.29, 1.82) is 0 Å². The number of carbonyl (C=O) groups excluding carboxylic acids is 1. The monoisotopic (exact) mass is 410 g/mol. The Morgan fingerprint density at radius 2 is 1.72 bits per heavy atom. The lowest BCUT2D eigenvalue weighted by Gasteiger charge is -2.34. The van der Waals surface area contributed by atoms with Gasteiger partial charge in [-0.3, -0.25) is 0 Å². The Morgan fingerprint density at radius 1 is 1.08 bits per heavy atom. The Labute approximate surface area is 160 Å². The van der Waals surface area contributed by atoms with Crippen molar-refractivity contribution in [3.8, 4) is 5.75 Å². The third kappa shape index (κ3) is 6.98. The number of nitrogens with zero attached hydrogens (tertiary/aromatic N) is 2. The van der Waals surface area contributed by atoms with Crippen LogP contribution in [0.2, 0.25) is 0 Å². The van der Waals surface area contributed by atoms with E-state index < -0.39 is 0 Å². The number of halogens is 1. The second-order valence-corrected chi connectivity index (χ2v) is 8.32. The normalized spacial score (nSPS) is 20.5. The minimum Gasteiger partial charge on any atom is -0.410 e. The summed E-state index contributed by atoms with van der Waals surface area (Å²) in [5.41, 5.74) is 0. The van der Waals surface area contributed by atoms with Crippen molar-refractivity contribution in [3.63, 3.8) is 0 Å². The summed E-state index contributed by atoms with van der Waals surface area (Å²) in [7, 11) is 6.13. The van der Waals surface area contributed by atoms with Gasteiger partial charge in [0, 0.05) is 17.6 Å². The van der Waals surface area contributed by atoms with E-state index in [-0.39, 0.29) is 6.09 Å². The molecule has 0 atom stereocenters. The van der Waals surface area contributed by atoms with Gasteiger partial charge in [-0.15, -0.1) is 0 Å². The lowest BCUT2D eigenvalue weighted by atomic mass is 9.82. The Morgan fingerprint density at radius 3 is 2.32 bits per heavy atom. The summed E-state index contributed by atoms with van der Waals surface area (Å²) >= 11 is 3.38. The predicted octanol–water partition coefficient (Wildman–Crippen LogP) is 5.17. The van der Waals surface area contributed by atoms with Crippen molar-refractivity contribution in [2.24, 2.45) is 5.92 Å². The molecule has 25 heavy (non-hydrogen) atoms. The molecule has 1 fully saturated rings. The molecule has 5 heteroatoms. The fourth-order valence-corrected chi connectivity index (χ4v) is 3.77. The van der Waals surface area contributed by atoms with Crippen LogP contribution in [-0.2, 0) is 0 Å². The minimum absolute atomic E-state index is 0.253. The molecule has 4 nitrogen and oxygen atoms in total. The molecule has 0 heterocycles. The highest BCUT2D eigenvalue weighted by Crippen LogP contribution is 2.31. The van der Waals surface area contributed by atoms with Gasteiger partial charge >= 0.3 is 6.09 Å². The lowest BCUT2D eigenvalue weighted by molar-refractivity contribution is 0.123. The number of amides is 1. The van der Waals surface area contributed by atoms with Crippen molar-refractivity contribution in [2.45, 2.75) is 51.0 Å². The maximum atomic E-state index is 12.3. The Bertz CT molecular complexity index is 525. The van der Waals surface area contributed by atoms with Crippen LogP contribution in [0.4, 0.5) is 4.79 Å². The first-order chi connectivity index (χ1) is 12.0. The number of benzene rings is 1. The first-order valence-corrected chi connectivity index (χ1v) is 10.1. The number of carbonyl (C=O) groups is 1. The minimum atomic E-state index is -0.253. The molecular formula is C20H31BrN2O2. The average Bonchev–Trinajstić information content (AvgIpc) is 2.60. The highest BCUT2D eigenvalue weighted by molar-refractivity contribution is 9.10. The fourth-order valence-electron chi connectivity index (χ4n) is 3.51. The number of hydrogen-bond acceptors (Lipinski definition) is 3. The van der Waals surface area contributed by atoms with E-state index in [2.05, 4.69) is 34.9 Å². The molecule has 0 aliphatic heterocycles. The van der Waals surface area contributed by atoms with Crippen molar-refractivity contribution >= 4 is 22.0 Å². The van der Waals surface area contributed by atoms with Crippen LogP contribution in [0.5, 0.6) is 5.75 Å². The van der Waals surface area contributed by atoms with E-state index in [1.54, 1.807) is 17.0 Å². The molecule has 140 valence electrons. The molecule has 1 aliphatic rings. The average molecular weight is 411 g/mol. The zero-order chi connectivity index (χ0) is 18.2. The summed E-state index contributed by atoms with van der Waals surface area (Å²) in [4.78, 5) is 16.4. The number of rotatable bonds is 7. The van der Waals surface area contributed by atoms with E-state index >= 15 is 0 Å². The van der Waals surface area contributed by atoms with Crippen molar-refractivity contribution in [3.05, 3.63) is 28.7 Å². The largest absolute Gasteiger partial charge is 0.415 e. The maximum Gasteiger partial charge on any atom is 0.415 e. The van der Waals surface area contributed by atoms with Gasteiger partial charge in [0.05, 0.1) is 0 Å². The molecule has 0 unspecified atom stereocenters. The zero-order valence-corrected chi connectivity index (χ0v) is 17.3. The van der Waals surface area contributed by atoms with Gasteiger partial charge in [0.25, 0.3) is 0 Å². The van der Waals surface area contributed by atoms with Gasteiger partial charge in [-0.25, -0.2) is 4.79 Å². The zero-order valence-electron chi connectivity index (χ0n) is 15.7. The Kier molecular flexibility index (Phi) is 8.24. The third-order valence-electron chi connectivity index (χ3n) is 5.14. The summed E-state index contributed by atoms with van der Waals surface area (Å²) in [6.07, 6.45) is 8.30. The van der Waals surface area contributed by atoms with Crippen LogP contribution in [0, 0.1) is 5.92 Å². The van der Waals surface area contributed by atoms with E-state index in [0.29, 0.717) is 11.8 Å². The first-order valence-electron chi connectivity index (χ1n) is 9.30. The van der Waals surface area contributed by atoms with Gasteiger partial charge in [0.1, 0.15) is 5.75 Å². The molecule has 1 aliphatic carbocycles. The summed E-state index contributed by atoms with van der Waals surface area (Å²) in [5.74, 6) is 1.42. The summed E-state index contributed by atoms with van der Waals surface area (Å²) in [6.45, 7) is 1.18. The van der Waals surface area contributed by atoms with Crippen LogP contribution in [0.1, 0.15) is 44.9 Å². The molecular weight excluding hydrogens is 380 g/mol. The van der Waals surface area contributed by atoms with Crippen LogP contribution < -0.4 is 4.74 Å². The van der Waals surface area contributed by atoms with Crippen LogP contribution in [-0.4, -0.2) is 49.6 Å². The molecule has 0 saturated heterocycles. The molecule has 0 bridgehead atoms. The first kappa shape index (κ1) is 20.2. The van der Waals surface area contributed by atoms with Crippen molar-refractivity contribution in [2.75, 3.05) is 27.7 Å². The SMILES string of the molecule is CN(C)CCCC[C@H]1CC[C@H](N(C)C(=O)Oc2ccc(Br)cc2)CC1. The van der Waals surface area contributed by atoms with Crippen LogP contribution >= 0.6 is 15.9 Å². The van der Waals surface area contributed by atoms with Gasteiger partial charge in [0.15, 0.2) is 0 Å². The van der Waals surface area contributed by atoms with E-state index in [1.165, 1.54) is 38.6 Å². The molecule has 0 radical (unpaired) electrons. The molecule has 0 spiro atoms. The Balaban J connectivity index is 1.70. The lowest BCUT2D eigenvalue weighted by Crippen LogP contribution is -2.41. The van der Waals surface area contributed by atoms with Gasteiger partial charge in [-0.1, -0.05) is 28.8 Å². The maximum absolute atomic E-state index is 12.3. The Hall–Kier alpha value is -1.07. The van der Waals surface area contributed by atoms with Gasteiger partial charge < -0.3 is 14.5 Å². The van der Waals surface area contributed by atoms with E-state index in [4.69, 9.17) is 4.74 Å². The summed E-state index contributed by atoms with van der Waals surface area (Å²) < 4.78 is 6.45. The van der Waals surface area contributed by atoms with Gasteiger partial charge in [-0.05, 0) is 82.9 Å². The van der Waals surface area contributed by atoms with Crippen LogP contribution in [0.15, 0.2) is 28.7 Å². The fraction of sp³-hybridized carbons (Fsp3) is 0.650. The number of ether oxygens (including phenoxy) is 1. The molecule has 0 aromatic heterocycles. The van der Waals surface area contributed by atoms with Gasteiger partial charge in [-0.2, -0.15) is 0 Å². The molecule has 1 aromatic carbocycles. The van der Waals surface area contributed by atoms with E-state index in [9.17, 15) is 4.79 Å². The standard InChI is InChI=1S/C20H31BrN2O2/c1-22(2)15-5-4-6-16-7-11-18(12-8-16)23(3)20(24)25-19-13-9-17(21)10-14-19/h9-10,13-14,16,18H,4-8,11-12,15H2,1-3H3/t16-,18-. The highest BCUT2D eigenvalue weighted by atomic mass is 79.9. The van der Waals surface area contributed by atoms with Crippen LogP contribution in [0.3, 0.4) is 0 Å². The second-order valence-electron chi connectivity index (χ2n) is 7.41. The van der Waals surface area contributed by atoms with E-state index in [0.717, 1.165) is 23.2 Å². The molecule has 2 rings (SSSR count).